The van der Waals surface area contributed by atoms with Crippen LogP contribution in [0.15, 0.2) is 18.2 Å². The summed E-state index contributed by atoms with van der Waals surface area (Å²) in [5.74, 6) is -0.331. The summed E-state index contributed by atoms with van der Waals surface area (Å²) in [6.07, 6.45) is 1.89. The van der Waals surface area contributed by atoms with Crippen LogP contribution in [-0.4, -0.2) is 49.7 Å². The van der Waals surface area contributed by atoms with Gasteiger partial charge in [-0.2, -0.15) is 0 Å². The number of ether oxygens (including phenoxy) is 2. The smallest absolute Gasteiger partial charge is 0.319 e. The minimum absolute atomic E-state index is 0.0716. The number of hydrogen-bond acceptors (Lipinski definition) is 4. The standard InChI is InChI=1S/C17H25FN2O4/c1-2-13-3-4-14(11-15(13)18)20-16(22)19-12-17(24-10-7-21)5-8-23-9-6-17/h3-4,11,21H,2,5-10,12H2,1H3,(H2,19,20,22). The van der Waals surface area contributed by atoms with Crippen molar-refractivity contribution >= 4 is 11.7 Å². The molecular weight excluding hydrogens is 315 g/mol. The number of aliphatic hydroxyl groups is 1. The molecule has 6 nitrogen and oxygen atoms in total. The third kappa shape index (κ3) is 5.15. The lowest BCUT2D eigenvalue weighted by Gasteiger charge is -2.37. The van der Waals surface area contributed by atoms with E-state index in [1.807, 2.05) is 6.92 Å². The molecule has 3 N–H and O–H groups in total. The first kappa shape index (κ1) is 18.6. The lowest BCUT2D eigenvalue weighted by Crippen LogP contribution is -2.50. The molecule has 0 aliphatic carbocycles. The minimum atomic E-state index is -0.532. The summed E-state index contributed by atoms with van der Waals surface area (Å²) in [5.41, 5.74) is 0.481. The Morgan fingerprint density at radius 3 is 2.79 bits per heavy atom. The molecule has 1 heterocycles. The molecule has 0 spiro atoms. The number of urea groups is 1. The molecular formula is C17H25FN2O4. The normalized spacial score (nSPS) is 16.6. The molecule has 0 bridgehead atoms. The number of carbonyl (C=O) groups excluding carboxylic acids is 1. The van der Waals surface area contributed by atoms with Crippen molar-refractivity contribution in [1.29, 1.82) is 0 Å². The number of aryl methyl sites for hydroxylation is 1. The summed E-state index contributed by atoms with van der Waals surface area (Å²) in [4.78, 5) is 12.1. The molecule has 2 rings (SSSR count). The predicted molar refractivity (Wildman–Crippen MR) is 88.6 cm³/mol. The molecule has 1 aromatic carbocycles. The fourth-order valence-electron chi connectivity index (χ4n) is 2.71. The average molecular weight is 340 g/mol. The molecule has 134 valence electrons. The summed E-state index contributed by atoms with van der Waals surface area (Å²) in [6.45, 7) is 3.43. The molecule has 1 aliphatic rings. The van der Waals surface area contributed by atoms with Gasteiger partial charge in [0.1, 0.15) is 5.82 Å². The Hall–Kier alpha value is -1.70. The van der Waals surface area contributed by atoms with Gasteiger partial charge < -0.3 is 25.2 Å². The van der Waals surface area contributed by atoms with E-state index in [2.05, 4.69) is 10.6 Å². The van der Waals surface area contributed by atoms with Gasteiger partial charge in [0.15, 0.2) is 0 Å². The molecule has 2 amide bonds. The van der Waals surface area contributed by atoms with Gasteiger partial charge in [-0.15, -0.1) is 0 Å². The van der Waals surface area contributed by atoms with E-state index in [1.54, 1.807) is 12.1 Å². The maximum absolute atomic E-state index is 13.7. The van der Waals surface area contributed by atoms with Gasteiger partial charge in [-0.05, 0) is 24.1 Å². The minimum Gasteiger partial charge on any atom is -0.394 e. The van der Waals surface area contributed by atoms with Gasteiger partial charge >= 0.3 is 6.03 Å². The maximum Gasteiger partial charge on any atom is 0.319 e. The van der Waals surface area contributed by atoms with E-state index in [9.17, 15) is 9.18 Å². The van der Waals surface area contributed by atoms with Crippen LogP contribution >= 0.6 is 0 Å². The number of amides is 2. The van der Waals surface area contributed by atoms with Crippen LogP contribution in [0.5, 0.6) is 0 Å². The molecule has 0 atom stereocenters. The number of aliphatic hydroxyl groups excluding tert-OH is 1. The first-order chi connectivity index (χ1) is 11.6. The Morgan fingerprint density at radius 2 is 2.17 bits per heavy atom. The number of carbonyl (C=O) groups is 1. The lowest BCUT2D eigenvalue weighted by molar-refractivity contribution is -0.113. The third-order valence-electron chi connectivity index (χ3n) is 4.17. The van der Waals surface area contributed by atoms with E-state index in [0.29, 0.717) is 50.3 Å². The number of hydrogen-bond donors (Lipinski definition) is 3. The van der Waals surface area contributed by atoms with Crippen LogP contribution in [0.3, 0.4) is 0 Å². The van der Waals surface area contributed by atoms with Gasteiger partial charge in [0.05, 0.1) is 18.8 Å². The second-order valence-electron chi connectivity index (χ2n) is 5.83. The summed E-state index contributed by atoms with van der Waals surface area (Å²) >= 11 is 0. The summed E-state index contributed by atoms with van der Waals surface area (Å²) in [7, 11) is 0. The van der Waals surface area contributed by atoms with Crippen molar-refractivity contribution in [3.05, 3.63) is 29.6 Å². The Balaban J connectivity index is 1.89. The second-order valence-corrected chi connectivity index (χ2v) is 5.83. The number of anilines is 1. The highest BCUT2D eigenvalue weighted by molar-refractivity contribution is 5.89. The van der Waals surface area contributed by atoms with Crippen molar-refractivity contribution in [3.8, 4) is 0 Å². The zero-order chi connectivity index (χ0) is 17.4. The molecule has 1 fully saturated rings. The van der Waals surface area contributed by atoms with Crippen molar-refractivity contribution in [2.24, 2.45) is 0 Å². The van der Waals surface area contributed by atoms with E-state index < -0.39 is 11.6 Å². The SMILES string of the molecule is CCc1ccc(NC(=O)NCC2(OCCO)CCOCC2)cc1F. The van der Waals surface area contributed by atoms with Crippen LogP contribution in [0.2, 0.25) is 0 Å². The predicted octanol–water partition coefficient (Wildman–Crippen LogP) is 2.07. The summed E-state index contributed by atoms with van der Waals surface area (Å²) < 4.78 is 24.8. The number of rotatable bonds is 7. The topological polar surface area (TPSA) is 79.8 Å². The van der Waals surface area contributed by atoms with Gasteiger partial charge in [0.2, 0.25) is 0 Å². The third-order valence-corrected chi connectivity index (χ3v) is 4.17. The molecule has 1 aromatic rings. The fourth-order valence-corrected chi connectivity index (χ4v) is 2.71. The largest absolute Gasteiger partial charge is 0.394 e. The monoisotopic (exact) mass is 340 g/mol. The first-order valence-corrected chi connectivity index (χ1v) is 8.24. The van der Waals surface area contributed by atoms with E-state index in [0.717, 1.165) is 0 Å². The molecule has 1 aliphatic heterocycles. The quantitative estimate of drug-likeness (QED) is 0.710. The van der Waals surface area contributed by atoms with E-state index >= 15 is 0 Å². The summed E-state index contributed by atoms with van der Waals surface area (Å²) in [6, 6.07) is 4.23. The first-order valence-electron chi connectivity index (χ1n) is 8.24. The molecule has 7 heteroatoms. The van der Waals surface area contributed by atoms with Crippen LogP contribution in [0.1, 0.15) is 25.3 Å². The maximum atomic E-state index is 13.7. The number of benzene rings is 1. The van der Waals surface area contributed by atoms with E-state index in [4.69, 9.17) is 14.6 Å². The zero-order valence-corrected chi connectivity index (χ0v) is 13.9. The highest BCUT2D eigenvalue weighted by Crippen LogP contribution is 2.24. The Morgan fingerprint density at radius 1 is 1.42 bits per heavy atom. The molecule has 0 saturated carbocycles. The zero-order valence-electron chi connectivity index (χ0n) is 13.9. The number of halogens is 1. The molecule has 0 aromatic heterocycles. The Kier molecular flexibility index (Phi) is 6.96. The Bertz CT molecular complexity index is 547. The highest BCUT2D eigenvalue weighted by atomic mass is 19.1. The van der Waals surface area contributed by atoms with Gasteiger partial charge in [-0.25, -0.2) is 9.18 Å². The highest BCUT2D eigenvalue weighted by Gasteiger charge is 2.33. The van der Waals surface area contributed by atoms with Gasteiger partial charge in [-0.1, -0.05) is 13.0 Å². The Labute approximate surface area is 141 Å². The molecule has 24 heavy (non-hydrogen) atoms. The van der Waals surface area contributed by atoms with Crippen molar-refractivity contribution in [2.45, 2.75) is 31.8 Å². The number of nitrogens with one attached hydrogen (secondary N) is 2. The molecule has 0 radical (unpaired) electrons. The molecule has 1 saturated heterocycles. The van der Waals surface area contributed by atoms with E-state index in [1.165, 1.54) is 6.07 Å². The van der Waals surface area contributed by atoms with Crippen LogP contribution in [0, 0.1) is 5.82 Å². The molecule has 0 unspecified atom stereocenters. The van der Waals surface area contributed by atoms with Crippen LogP contribution in [0.4, 0.5) is 14.9 Å². The fraction of sp³-hybridized carbons (Fsp3) is 0.588. The van der Waals surface area contributed by atoms with Crippen molar-refractivity contribution < 1.29 is 23.8 Å². The van der Waals surface area contributed by atoms with Crippen molar-refractivity contribution in [1.82, 2.24) is 5.32 Å². The van der Waals surface area contributed by atoms with E-state index in [-0.39, 0.29) is 19.0 Å². The van der Waals surface area contributed by atoms with Crippen molar-refractivity contribution in [2.75, 3.05) is 38.3 Å². The van der Waals surface area contributed by atoms with Crippen LogP contribution < -0.4 is 10.6 Å². The van der Waals surface area contributed by atoms with Gasteiger partial charge in [-0.3, -0.25) is 0 Å². The van der Waals surface area contributed by atoms with Crippen LogP contribution in [-0.2, 0) is 15.9 Å². The van der Waals surface area contributed by atoms with Gasteiger partial charge in [0, 0.05) is 38.3 Å². The lowest BCUT2D eigenvalue weighted by atomic mass is 9.94. The van der Waals surface area contributed by atoms with Crippen molar-refractivity contribution in [3.63, 3.8) is 0 Å². The second kappa shape index (κ2) is 8.96. The van der Waals surface area contributed by atoms with Crippen LogP contribution in [0.25, 0.3) is 0 Å². The van der Waals surface area contributed by atoms with Gasteiger partial charge in [0.25, 0.3) is 0 Å². The average Bonchev–Trinajstić information content (AvgIpc) is 2.59. The summed E-state index contributed by atoms with van der Waals surface area (Å²) in [5, 5.41) is 14.3.